The molecule has 0 unspecified atom stereocenters. The van der Waals surface area contributed by atoms with Gasteiger partial charge in [0, 0.05) is 24.8 Å². The Morgan fingerprint density at radius 2 is 2.00 bits per heavy atom. The van der Waals surface area contributed by atoms with E-state index < -0.39 is 5.97 Å². The number of methoxy groups -OCH3 is 1. The van der Waals surface area contributed by atoms with Crippen LogP contribution in [-0.4, -0.2) is 44.6 Å². The largest absolute Gasteiger partial charge is 0.490 e. The van der Waals surface area contributed by atoms with Gasteiger partial charge in [0.1, 0.15) is 17.9 Å². The second-order valence-electron chi connectivity index (χ2n) is 4.21. The number of aryl methyl sites for hydroxylation is 1. The highest BCUT2D eigenvalue weighted by atomic mass is 79.9. The van der Waals surface area contributed by atoms with Crippen molar-refractivity contribution in [2.45, 2.75) is 13.3 Å². The van der Waals surface area contributed by atoms with Gasteiger partial charge in [-0.25, -0.2) is 4.79 Å². The molecule has 1 rings (SSSR count). The number of ether oxygens (including phenoxy) is 3. The summed E-state index contributed by atoms with van der Waals surface area (Å²) in [6.07, 6.45) is 0.828. The van der Waals surface area contributed by atoms with Gasteiger partial charge in [0.15, 0.2) is 0 Å². The summed E-state index contributed by atoms with van der Waals surface area (Å²) in [7, 11) is 1.65. The zero-order valence-electron chi connectivity index (χ0n) is 11.6. The van der Waals surface area contributed by atoms with E-state index in [1.807, 2.05) is 13.0 Å². The van der Waals surface area contributed by atoms with Gasteiger partial charge in [-0.05, 0) is 31.0 Å². The maximum Gasteiger partial charge on any atom is 0.339 e. The standard InChI is InChI=1S/C14H19BrO5/c1-10-8-11(15)9-12(14(16)17)13(10)20-7-6-19-5-3-4-18-2/h8-9H,3-7H2,1-2H3,(H,16,17). The molecule has 0 radical (unpaired) electrons. The monoisotopic (exact) mass is 346 g/mol. The molecule has 0 amide bonds. The average molecular weight is 347 g/mol. The van der Waals surface area contributed by atoms with Crippen LogP contribution in [0.4, 0.5) is 0 Å². The number of benzene rings is 1. The second-order valence-corrected chi connectivity index (χ2v) is 5.13. The summed E-state index contributed by atoms with van der Waals surface area (Å²) < 4.78 is 16.5. The normalized spacial score (nSPS) is 10.6. The molecule has 0 fully saturated rings. The maximum absolute atomic E-state index is 11.2. The maximum atomic E-state index is 11.2. The Morgan fingerprint density at radius 3 is 2.65 bits per heavy atom. The molecule has 0 saturated heterocycles. The zero-order chi connectivity index (χ0) is 15.0. The van der Waals surface area contributed by atoms with Gasteiger partial charge >= 0.3 is 5.97 Å². The first kappa shape index (κ1) is 16.9. The van der Waals surface area contributed by atoms with Crippen LogP contribution in [-0.2, 0) is 9.47 Å². The minimum atomic E-state index is -1.01. The molecular formula is C14H19BrO5. The topological polar surface area (TPSA) is 65.0 Å². The Kier molecular flexibility index (Phi) is 7.58. The van der Waals surface area contributed by atoms with E-state index in [4.69, 9.17) is 19.3 Å². The molecule has 0 bridgehead atoms. The number of carbonyl (C=O) groups is 1. The van der Waals surface area contributed by atoms with Crippen LogP contribution in [0.5, 0.6) is 5.75 Å². The van der Waals surface area contributed by atoms with E-state index in [9.17, 15) is 4.79 Å². The lowest BCUT2D eigenvalue weighted by Gasteiger charge is -2.13. The highest BCUT2D eigenvalue weighted by Crippen LogP contribution is 2.28. The van der Waals surface area contributed by atoms with E-state index in [1.165, 1.54) is 6.07 Å². The summed E-state index contributed by atoms with van der Waals surface area (Å²) >= 11 is 3.28. The molecule has 0 aromatic heterocycles. The fourth-order valence-electron chi connectivity index (χ4n) is 1.69. The van der Waals surface area contributed by atoms with Crippen LogP contribution in [0.25, 0.3) is 0 Å². The van der Waals surface area contributed by atoms with Crippen LogP contribution in [0.3, 0.4) is 0 Å². The number of hydrogen-bond donors (Lipinski definition) is 1. The van der Waals surface area contributed by atoms with Gasteiger partial charge in [-0.3, -0.25) is 0 Å². The lowest BCUT2D eigenvalue weighted by atomic mass is 10.1. The third-order valence-corrected chi connectivity index (χ3v) is 3.04. The van der Waals surface area contributed by atoms with Crippen molar-refractivity contribution >= 4 is 21.9 Å². The number of rotatable bonds is 9. The van der Waals surface area contributed by atoms with Gasteiger partial charge < -0.3 is 19.3 Å². The predicted molar refractivity (Wildman–Crippen MR) is 78.6 cm³/mol. The average Bonchev–Trinajstić information content (AvgIpc) is 2.39. The minimum Gasteiger partial charge on any atom is -0.490 e. The fourth-order valence-corrected chi connectivity index (χ4v) is 2.26. The third-order valence-electron chi connectivity index (χ3n) is 2.58. The molecule has 1 N–H and O–H groups in total. The SMILES string of the molecule is COCCCOCCOc1c(C)cc(Br)cc1C(=O)O. The molecule has 0 atom stereocenters. The first-order valence-corrected chi connectivity index (χ1v) is 7.08. The van der Waals surface area contributed by atoms with Crippen LogP contribution in [0.1, 0.15) is 22.3 Å². The van der Waals surface area contributed by atoms with Gasteiger partial charge in [-0.1, -0.05) is 15.9 Å². The Bertz CT molecular complexity index is 447. The van der Waals surface area contributed by atoms with Crippen LogP contribution in [0, 0.1) is 6.92 Å². The summed E-state index contributed by atoms with van der Waals surface area (Å²) in [5, 5.41) is 9.17. The molecular weight excluding hydrogens is 328 g/mol. The first-order chi connectivity index (χ1) is 9.56. The molecule has 1 aromatic carbocycles. The molecule has 0 saturated carbocycles. The number of carboxylic acid groups (broad SMARTS) is 1. The number of carboxylic acids is 1. The van der Waals surface area contributed by atoms with Crippen LogP contribution < -0.4 is 4.74 Å². The van der Waals surface area contributed by atoms with Gasteiger partial charge in [0.05, 0.1) is 6.61 Å². The van der Waals surface area contributed by atoms with E-state index in [2.05, 4.69) is 15.9 Å². The first-order valence-electron chi connectivity index (χ1n) is 6.29. The van der Waals surface area contributed by atoms with Gasteiger partial charge in [0.25, 0.3) is 0 Å². The summed E-state index contributed by atoms with van der Waals surface area (Å²) in [6, 6.07) is 3.35. The second kappa shape index (κ2) is 8.94. The summed E-state index contributed by atoms with van der Waals surface area (Å²) in [5.41, 5.74) is 0.924. The van der Waals surface area contributed by atoms with Crippen molar-refractivity contribution in [2.75, 3.05) is 33.5 Å². The highest BCUT2D eigenvalue weighted by Gasteiger charge is 2.15. The summed E-state index contributed by atoms with van der Waals surface area (Å²) in [4.78, 5) is 11.2. The Morgan fingerprint density at radius 1 is 1.25 bits per heavy atom. The quantitative estimate of drug-likeness (QED) is 0.696. The van der Waals surface area contributed by atoms with E-state index in [1.54, 1.807) is 7.11 Å². The Hall–Kier alpha value is -1.11. The van der Waals surface area contributed by atoms with E-state index in [0.717, 1.165) is 16.5 Å². The van der Waals surface area contributed by atoms with Crippen LogP contribution in [0.2, 0.25) is 0 Å². The lowest BCUT2D eigenvalue weighted by molar-refractivity contribution is 0.0676. The number of hydrogen-bond acceptors (Lipinski definition) is 4. The minimum absolute atomic E-state index is 0.149. The third kappa shape index (κ3) is 5.48. The van der Waals surface area contributed by atoms with Gasteiger partial charge in [0.2, 0.25) is 0 Å². The number of halogens is 1. The van der Waals surface area contributed by atoms with Crippen LogP contribution >= 0.6 is 15.9 Å². The zero-order valence-corrected chi connectivity index (χ0v) is 13.2. The molecule has 0 aliphatic rings. The predicted octanol–water partition coefficient (Wildman–Crippen LogP) is 2.89. The molecule has 0 heterocycles. The van der Waals surface area contributed by atoms with Crippen molar-refractivity contribution in [3.63, 3.8) is 0 Å². The summed E-state index contributed by atoms with van der Waals surface area (Å²) in [5.74, 6) is -0.619. The van der Waals surface area contributed by atoms with Crippen molar-refractivity contribution in [1.29, 1.82) is 0 Å². The molecule has 5 nitrogen and oxygen atoms in total. The molecule has 0 aliphatic carbocycles. The lowest BCUT2D eigenvalue weighted by Crippen LogP contribution is -2.11. The molecule has 20 heavy (non-hydrogen) atoms. The molecule has 112 valence electrons. The Labute approximate surface area is 127 Å². The van der Waals surface area contributed by atoms with Crippen molar-refractivity contribution < 1.29 is 24.1 Å². The molecule has 0 spiro atoms. The molecule has 1 aromatic rings. The molecule has 0 aliphatic heterocycles. The van der Waals surface area contributed by atoms with E-state index >= 15 is 0 Å². The van der Waals surface area contributed by atoms with Crippen molar-refractivity contribution in [3.8, 4) is 5.75 Å². The van der Waals surface area contributed by atoms with Gasteiger partial charge in [-0.2, -0.15) is 0 Å². The van der Waals surface area contributed by atoms with Crippen molar-refractivity contribution in [3.05, 3.63) is 27.7 Å². The van der Waals surface area contributed by atoms with Crippen molar-refractivity contribution in [2.24, 2.45) is 0 Å². The Balaban J connectivity index is 2.49. The summed E-state index contributed by atoms with van der Waals surface area (Å²) in [6.45, 7) is 3.80. The van der Waals surface area contributed by atoms with Gasteiger partial charge in [-0.15, -0.1) is 0 Å². The number of aromatic carboxylic acids is 1. The molecule has 6 heteroatoms. The fraction of sp³-hybridized carbons (Fsp3) is 0.500. The van der Waals surface area contributed by atoms with Crippen LogP contribution in [0.15, 0.2) is 16.6 Å². The smallest absolute Gasteiger partial charge is 0.339 e. The van der Waals surface area contributed by atoms with E-state index in [0.29, 0.717) is 32.2 Å². The van der Waals surface area contributed by atoms with Crippen molar-refractivity contribution in [1.82, 2.24) is 0 Å². The van der Waals surface area contributed by atoms with E-state index in [-0.39, 0.29) is 5.56 Å². The highest BCUT2D eigenvalue weighted by molar-refractivity contribution is 9.10.